The fourth-order valence-electron chi connectivity index (χ4n) is 1.70. The molecule has 0 amide bonds. The highest BCUT2D eigenvalue weighted by atomic mass is 16.6. The molecule has 3 heteroatoms. The first kappa shape index (κ1) is 10.8. The van der Waals surface area contributed by atoms with E-state index in [4.69, 9.17) is 21.6 Å². The number of hydrogen-bond acceptors (Lipinski definition) is 3. The van der Waals surface area contributed by atoms with E-state index in [0.29, 0.717) is 19.6 Å². The zero-order chi connectivity index (χ0) is 11.4. The van der Waals surface area contributed by atoms with Gasteiger partial charge in [0.15, 0.2) is 11.5 Å². The lowest BCUT2D eigenvalue weighted by Gasteiger charge is -2.20. The second-order valence-electron chi connectivity index (χ2n) is 3.75. The van der Waals surface area contributed by atoms with Crippen LogP contribution in [0.1, 0.15) is 24.4 Å². The molecule has 1 aromatic carbocycles. The topological polar surface area (TPSA) is 44.5 Å². The maximum atomic E-state index is 6.02. The van der Waals surface area contributed by atoms with Crippen molar-refractivity contribution in [2.24, 2.45) is 5.73 Å². The van der Waals surface area contributed by atoms with Crippen LogP contribution in [0.4, 0.5) is 0 Å². The van der Waals surface area contributed by atoms with Crippen LogP contribution in [0.2, 0.25) is 0 Å². The second-order valence-corrected chi connectivity index (χ2v) is 3.75. The van der Waals surface area contributed by atoms with Crippen LogP contribution in [0, 0.1) is 12.3 Å². The molecule has 0 aliphatic carbocycles. The van der Waals surface area contributed by atoms with Gasteiger partial charge in [-0.2, -0.15) is 0 Å². The van der Waals surface area contributed by atoms with Crippen LogP contribution in [0.3, 0.4) is 0 Å². The van der Waals surface area contributed by atoms with E-state index in [1.165, 1.54) is 0 Å². The standard InChI is InChI=1S/C13H15NO2/c1-2-3-4-11(14)10-5-6-12-13(9-10)16-8-7-15-12/h1,5-6,9,11H,3-4,7-8,14H2. The number of rotatable bonds is 3. The third-order valence-electron chi connectivity index (χ3n) is 2.59. The lowest BCUT2D eigenvalue weighted by Crippen LogP contribution is -2.16. The first-order chi connectivity index (χ1) is 7.81. The van der Waals surface area contributed by atoms with Gasteiger partial charge in [0.2, 0.25) is 0 Å². The molecular formula is C13H15NO2. The molecule has 2 N–H and O–H groups in total. The zero-order valence-corrected chi connectivity index (χ0v) is 9.11. The van der Waals surface area contributed by atoms with Gasteiger partial charge < -0.3 is 15.2 Å². The predicted molar refractivity (Wildman–Crippen MR) is 62.4 cm³/mol. The Kier molecular flexibility index (Phi) is 3.33. The zero-order valence-electron chi connectivity index (χ0n) is 9.11. The van der Waals surface area contributed by atoms with Gasteiger partial charge in [-0.05, 0) is 24.1 Å². The summed E-state index contributed by atoms with van der Waals surface area (Å²) in [5.41, 5.74) is 7.06. The maximum Gasteiger partial charge on any atom is 0.161 e. The monoisotopic (exact) mass is 217 g/mol. The van der Waals surface area contributed by atoms with Gasteiger partial charge >= 0.3 is 0 Å². The van der Waals surface area contributed by atoms with Crippen molar-refractivity contribution in [1.82, 2.24) is 0 Å². The smallest absolute Gasteiger partial charge is 0.161 e. The van der Waals surface area contributed by atoms with Gasteiger partial charge in [0.25, 0.3) is 0 Å². The van der Waals surface area contributed by atoms with Crippen LogP contribution in [0.15, 0.2) is 18.2 Å². The van der Waals surface area contributed by atoms with Gasteiger partial charge in [-0.1, -0.05) is 6.07 Å². The molecule has 1 aliphatic rings. The number of nitrogens with two attached hydrogens (primary N) is 1. The summed E-state index contributed by atoms with van der Waals surface area (Å²) in [5, 5.41) is 0. The Bertz CT molecular complexity index is 409. The summed E-state index contributed by atoms with van der Waals surface area (Å²) >= 11 is 0. The highest BCUT2D eigenvalue weighted by Crippen LogP contribution is 2.32. The van der Waals surface area contributed by atoms with Crippen LogP contribution in [-0.4, -0.2) is 13.2 Å². The minimum Gasteiger partial charge on any atom is -0.486 e. The lowest BCUT2D eigenvalue weighted by atomic mass is 10.0. The number of terminal acetylenes is 1. The number of ether oxygens (including phenoxy) is 2. The highest BCUT2D eigenvalue weighted by molar-refractivity contribution is 5.44. The van der Waals surface area contributed by atoms with Crippen LogP contribution >= 0.6 is 0 Å². The van der Waals surface area contributed by atoms with E-state index in [1.807, 2.05) is 18.2 Å². The molecular weight excluding hydrogens is 202 g/mol. The molecule has 1 heterocycles. The Morgan fingerprint density at radius 2 is 2.06 bits per heavy atom. The van der Waals surface area contributed by atoms with E-state index in [0.717, 1.165) is 23.5 Å². The SMILES string of the molecule is C#CCCC(N)c1ccc2c(c1)OCCO2. The highest BCUT2D eigenvalue weighted by Gasteiger charge is 2.14. The molecule has 3 nitrogen and oxygen atoms in total. The molecule has 0 spiro atoms. The molecule has 2 rings (SSSR count). The van der Waals surface area contributed by atoms with Crippen molar-refractivity contribution < 1.29 is 9.47 Å². The van der Waals surface area contributed by atoms with E-state index >= 15 is 0 Å². The van der Waals surface area contributed by atoms with Crippen molar-refractivity contribution in [2.75, 3.05) is 13.2 Å². The third kappa shape index (κ3) is 2.29. The third-order valence-corrected chi connectivity index (χ3v) is 2.59. The van der Waals surface area contributed by atoms with Gasteiger partial charge in [0.1, 0.15) is 13.2 Å². The van der Waals surface area contributed by atoms with Crippen molar-refractivity contribution in [1.29, 1.82) is 0 Å². The summed E-state index contributed by atoms with van der Waals surface area (Å²) in [6.45, 7) is 1.20. The van der Waals surface area contributed by atoms with Gasteiger partial charge in [-0.25, -0.2) is 0 Å². The van der Waals surface area contributed by atoms with E-state index < -0.39 is 0 Å². The van der Waals surface area contributed by atoms with Crippen molar-refractivity contribution >= 4 is 0 Å². The summed E-state index contributed by atoms with van der Waals surface area (Å²) in [7, 11) is 0. The average molecular weight is 217 g/mol. The van der Waals surface area contributed by atoms with Gasteiger partial charge in [-0.15, -0.1) is 12.3 Å². The Labute approximate surface area is 95.5 Å². The molecule has 0 fully saturated rings. The van der Waals surface area contributed by atoms with Crippen LogP contribution in [0.25, 0.3) is 0 Å². The quantitative estimate of drug-likeness (QED) is 0.786. The van der Waals surface area contributed by atoms with Crippen molar-refractivity contribution in [2.45, 2.75) is 18.9 Å². The molecule has 0 radical (unpaired) electrons. The van der Waals surface area contributed by atoms with E-state index in [1.54, 1.807) is 0 Å². The molecule has 0 aromatic heterocycles. The average Bonchev–Trinajstić information content (AvgIpc) is 2.35. The molecule has 84 valence electrons. The fraction of sp³-hybridized carbons (Fsp3) is 0.385. The summed E-state index contributed by atoms with van der Waals surface area (Å²) in [6, 6.07) is 5.77. The van der Waals surface area contributed by atoms with Crippen LogP contribution < -0.4 is 15.2 Å². The van der Waals surface area contributed by atoms with Gasteiger partial charge in [-0.3, -0.25) is 0 Å². The van der Waals surface area contributed by atoms with Crippen molar-refractivity contribution in [3.63, 3.8) is 0 Å². The number of fused-ring (bicyclic) bond motifs is 1. The summed E-state index contributed by atoms with van der Waals surface area (Å²) < 4.78 is 10.9. The van der Waals surface area contributed by atoms with Crippen LogP contribution in [-0.2, 0) is 0 Å². The summed E-state index contributed by atoms with van der Waals surface area (Å²) in [5.74, 6) is 4.16. The van der Waals surface area contributed by atoms with E-state index in [-0.39, 0.29) is 6.04 Å². The minimum absolute atomic E-state index is 0.0353. The van der Waals surface area contributed by atoms with Crippen molar-refractivity contribution in [3.8, 4) is 23.8 Å². The lowest BCUT2D eigenvalue weighted by molar-refractivity contribution is 0.171. The molecule has 0 bridgehead atoms. The molecule has 1 atom stereocenters. The Hall–Kier alpha value is -1.66. The van der Waals surface area contributed by atoms with Gasteiger partial charge in [0.05, 0.1) is 0 Å². The molecule has 1 unspecified atom stereocenters. The molecule has 1 aromatic rings. The molecule has 16 heavy (non-hydrogen) atoms. The second kappa shape index (κ2) is 4.91. The fourth-order valence-corrected chi connectivity index (χ4v) is 1.70. The summed E-state index contributed by atoms with van der Waals surface area (Å²) in [4.78, 5) is 0. The largest absolute Gasteiger partial charge is 0.486 e. The Morgan fingerprint density at radius 3 is 2.81 bits per heavy atom. The molecule has 0 saturated heterocycles. The minimum atomic E-state index is -0.0353. The van der Waals surface area contributed by atoms with Crippen molar-refractivity contribution in [3.05, 3.63) is 23.8 Å². The number of benzene rings is 1. The van der Waals surface area contributed by atoms with Gasteiger partial charge in [0, 0.05) is 12.5 Å². The van der Waals surface area contributed by atoms with E-state index in [9.17, 15) is 0 Å². The number of hydrogen-bond donors (Lipinski definition) is 1. The van der Waals surface area contributed by atoms with Crippen LogP contribution in [0.5, 0.6) is 11.5 Å². The predicted octanol–water partition coefficient (Wildman–Crippen LogP) is 1.87. The normalized spacial score (nSPS) is 15.2. The molecule has 1 aliphatic heterocycles. The first-order valence-corrected chi connectivity index (χ1v) is 5.40. The Morgan fingerprint density at radius 1 is 1.31 bits per heavy atom. The van der Waals surface area contributed by atoms with E-state index in [2.05, 4.69) is 5.92 Å². The first-order valence-electron chi connectivity index (χ1n) is 5.40. The Balaban J connectivity index is 2.13. The maximum absolute atomic E-state index is 6.02. The summed E-state index contributed by atoms with van der Waals surface area (Å²) in [6.07, 6.45) is 6.69. The molecule has 0 saturated carbocycles.